The van der Waals surface area contributed by atoms with E-state index in [9.17, 15) is 9.90 Å². The first-order valence-corrected chi connectivity index (χ1v) is 11.2. The van der Waals surface area contributed by atoms with Gasteiger partial charge in [0.2, 0.25) is 0 Å². The average Bonchev–Trinajstić information content (AvgIpc) is 3.11. The normalized spacial score (nSPS) is 14.3. The predicted molar refractivity (Wildman–Crippen MR) is 127 cm³/mol. The van der Waals surface area contributed by atoms with Crippen LogP contribution >= 0.6 is 0 Å². The first-order chi connectivity index (χ1) is 16.0. The summed E-state index contributed by atoms with van der Waals surface area (Å²) in [5.41, 5.74) is 1.89. The number of halogens is 2. The summed E-state index contributed by atoms with van der Waals surface area (Å²) in [5.74, 6) is -1.10. The number of hydrogen-bond acceptors (Lipinski definition) is 5. The molecule has 6 nitrogen and oxygen atoms in total. The van der Waals surface area contributed by atoms with Crippen LogP contribution in [0.5, 0.6) is 5.75 Å². The molecule has 1 atom stereocenters. The molecule has 0 saturated carbocycles. The summed E-state index contributed by atoms with van der Waals surface area (Å²) in [6.45, 7) is 10.4. The molecule has 1 aromatic carbocycles. The van der Waals surface area contributed by atoms with E-state index in [0.717, 1.165) is 17.7 Å². The maximum atomic E-state index is 15.2. The highest BCUT2D eigenvalue weighted by Crippen LogP contribution is 2.37. The minimum Gasteiger partial charge on any atom is -0.506 e. The molecule has 1 amide bonds. The predicted octanol–water partition coefficient (Wildman–Crippen LogP) is 5.57. The van der Waals surface area contributed by atoms with Gasteiger partial charge in [-0.2, -0.15) is 0 Å². The van der Waals surface area contributed by atoms with Crippen molar-refractivity contribution in [2.75, 3.05) is 11.9 Å². The van der Waals surface area contributed by atoms with Gasteiger partial charge >= 0.3 is 0 Å². The summed E-state index contributed by atoms with van der Waals surface area (Å²) in [5, 5.41) is 13.4. The Kier molecular flexibility index (Phi) is 6.02. The van der Waals surface area contributed by atoms with E-state index >= 15 is 8.78 Å². The van der Waals surface area contributed by atoms with Crippen LogP contribution in [-0.4, -0.2) is 32.4 Å². The minimum absolute atomic E-state index is 0.0400. The number of anilines is 1. The lowest BCUT2D eigenvalue weighted by Gasteiger charge is -2.20. The number of carbonyl (C=O) groups is 1. The van der Waals surface area contributed by atoms with E-state index in [2.05, 4.69) is 15.3 Å². The Labute approximate surface area is 197 Å². The maximum absolute atomic E-state index is 15.2. The van der Waals surface area contributed by atoms with Gasteiger partial charge < -0.3 is 15.3 Å². The molecule has 0 unspecified atom stereocenters. The van der Waals surface area contributed by atoms with Crippen molar-refractivity contribution in [3.63, 3.8) is 0 Å². The van der Waals surface area contributed by atoms with Gasteiger partial charge in [0, 0.05) is 51.7 Å². The molecule has 1 aliphatic rings. The third-order valence-electron chi connectivity index (χ3n) is 6.15. The first kappa shape index (κ1) is 23.6. The molecule has 3 heterocycles. The summed E-state index contributed by atoms with van der Waals surface area (Å²) in [6, 6.07) is 4.86. The van der Waals surface area contributed by atoms with Gasteiger partial charge in [0.25, 0.3) is 5.91 Å². The van der Waals surface area contributed by atoms with Crippen LogP contribution in [0.4, 0.5) is 14.6 Å². The van der Waals surface area contributed by atoms with E-state index in [0.29, 0.717) is 30.2 Å². The Balaban J connectivity index is 1.67. The summed E-state index contributed by atoms with van der Waals surface area (Å²) in [7, 11) is 0. The van der Waals surface area contributed by atoms with Crippen LogP contribution in [-0.2, 0) is 12.0 Å². The molecular weight excluding hydrogens is 438 g/mol. The Morgan fingerprint density at radius 1 is 1.12 bits per heavy atom. The van der Waals surface area contributed by atoms with Crippen LogP contribution in [0.15, 0.2) is 36.7 Å². The van der Waals surface area contributed by atoms with Crippen LogP contribution in [0.1, 0.15) is 67.8 Å². The second-order valence-electron chi connectivity index (χ2n) is 9.56. The number of pyridine rings is 2. The van der Waals surface area contributed by atoms with Crippen molar-refractivity contribution in [1.29, 1.82) is 0 Å². The van der Waals surface area contributed by atoms with Crippen LogP contribution in [0, 0.1) is 11.6 Å². The van der Waals surface area contributed by atoms with Crippen molar-refractivity contribution < 1.29 is 18.7 Å². The van der Waals surface area contributed by atoms with Crippen molar-refractivity contribution in [3.8, 4) is 16.9 Å². The quantitative estimate of drug-likeness (QED) is 0.514. The lowest BCUT2D eigenvalue weighted by molar-refractivity contribution is 0.0787. The number of nitrogens with zero attached hydrogens (tertiary/aromatic N) is 3. The number of carbonyl (C=O) groups excluding carboxylic acids is 1. The van der Waals surface area contributed by atoms with E-state index in [1.807, 2.05) is 27.7 Å². The van der Waals surface area contributed by atoms with Gasteiger partial charge in [-0.15, -0.1) is 0 Å². The number of aromatic nitrogens is 2. The van der Waals surface area contributed by atoms with Crippen molar-refractivity contribution in [1.82, 2.24) is 14.9 Å². The highest BCUT2D eigenvalue weighted by molar-refractivity contribution is 5.99. The molecular formula is C26H28F2N4O2. The van der Waals surface area contributed by atoms with Crippen LogP contribution in [0.3, 0.4) is 0 Å². The smallest absolute Gasteiger partial charge is 0.254 e. The molecule has 1 aliphatic heterocycles. The number of rotatable bonds is 5. The van der Waals surface area contributed by atoms with E-state index in [1.165, 1.54) is 12.4 Å². The fraction of sp³-hybridized carbons (Fsp3) is 0.346. The molecule has 34 heavy (non-hydrogen) atoms. The van der Waals surface area contributed by atoms with Crippen molar-refractivity contribution >= 4 is 11.7 Å². The number of nitrogens with one attached hydrogen (secondary N) is 1. The monoisotopic (exact) mass is 466 g/mol. The maximum Gasteiger partial charge on any atom is 0.254 e. The number of aromatic hydroxyl groups is 1. The second-order valence-corrected chi connectivity index (χ2v) is 9.56. The van der Waals surface area contributed by atoms with Crippen LogP contribution in [0.2, 0.25) is 0 Å². The average molecular weight is 467 g/mol. The van der Waals surface area contributed by atoms with Gasteiger partial charge in [-0.05, 0) is 38.1 Å². The lowest BCUT2D eigenvalue weighted by Crippen LogP contribution is -2.22. The van der Waals surface area contributed by atoms with Crippen molar-refractivity contribution in [2.24, 2.45) is 0 Å². The fourth-order valence-electron chi connectivity index (χ4n) is 4.12. The van der Waals surface area contributed by atoms with Gasteiger partial charge in [0.05, 0.1) is 18.8 Å². The number of hydrogen-bond donors (Lipinski definition) is 2. The van der Waals surface area contributed by atoms with E-state index in [-0.39, 0.29) is 33.8 Å². The minimum atomic E-state index is -0.662. The van der Waals surface area contributed by atoms with Gasteiger partial charge in [-0.3, -0.25) is 9.78 Å². The standard InChI is InChI=1S/C26H28F2N4O2/c1-6-32-13-19-15(25(32)34)7-8-29-24(19)31-14(2)16-9-21(28)17(10-20(16)27)18-11-23(26(3,4)5)30-12-22(18)33/h7-12,14,33H,6,13H2,1-5H3,(H,29,31)/t14-/m0/s1. The zero-order chi connectivity index (χ0) is 24.8. The molecule has 0 aliphatic carbocycles. The van der Waals surface area contributed by atoms with Crippen LogP contribution in [0.25, 0.3) is 11.1 Å². The Morgan fingerprint density at radius 2 is 1.85 bits per heavy atom. The molecule has 4 rings (SSSR count). The Morgan fingerprint density at radius 3 is 2.53 bits per heavy atom. The largest absolute Gasteiger partial charge is 0.506 e. The molecule has 0 saturated heterocycles. The molecule has 0 bridgehead atoms. The molecule has 0 spiro atoms. The first-order valence-electron chi connectivity index (χ1n) is 11.2. The van der Waals surface area contributed by atoms with Gasteiger partial charge in [-0.1, -0.05) is 20.8 Å². The molecule has 178 valence electrons. The van der Waals surface area contributed by atoms with Gasteiger partial charge in [0.15, 0.2) is 0 Å². The van der Waals surface area contributed by atoms with Crippen molar-refractivity contribution in [2.45, 2.75) is 52.6 Å². The zero-order valence-corrected chi connectivity index (χ0v) is 19.9. The molecule has 8 heteroatoms. The Hall–Kier alpha value is -3.55. The summed E-state index contributed by atoms with van der Waals surface area (Å²) in [6.07, 6.45) is 2.79. The van der Waals surface area contributed by atoms with Gasteiger partial charge in [0.1, 0.15) is 23.2 Å². The molecule has 3 aromatic rings. The summed E-state index contributed by atoms with van der Waals surface area (Å²) in [4.78, 5) is 22.7. The lowest BCUT2D eigenvalue weighted by atomic mass is 9.89. The highest BCUT2D eigenvalue weighted by atomic mass is 19.1. The SMILES string of the molecule is CCN1Cc2c(ccnc2N[C@@H](C)c2cc(F)c(-c3cc(C(C)(C)C)ncc3O)cc2F)C1=O. The van der Waals surface area contributed by atoms with E-state index in [1.54, 1.807) is 24.0 Å². The Bertz CT molecular complexity index is 1270. The molecule has 2 N–H and O–H groups in total. The molecule has 0 fully saturated rings. The summed E-state index contributed by atoms with van der Waals surface area (Å²) >= 11 is 0. The summed E-state index contributed by atoms with van der Waals surface area (Å²) < 4.78 is 30.4. The van der Waals surface area contributed by atoms with Crippen molar-refractivity contribution in [3.05, 3.63) is 70.7 Å². The van der Waals surface area contributed by atoms with E-state index < -0.39 is 17.7 Å². The second kappa shape index (κ2) is 8.66. The number of fused-ring (bicyclic) bond motifs is 1. The fourth-order valence-corrected chi connectivity index (χ4v) is 4.12. The third-order valence-corrected chi connectivity index (χ3v) is 6.15. The third kappa shape index (κ3) is 4.20. The molecule has 0 radical (unpaired) electrons. The topological polar surface area (TPSA) is 78.3 Å². The highest BCUT2D eigenvalue weighted by Gasteiger charge is 2.30. The zero-order valence-electron chi connectivity index (χ0n) is 19.9. The van der Waals surface area contributed by atoms with Crippen LogP contribution < -0.4 is 5.32 Å². The van der Waals surface area contributed by atoms with E-state index in [4.69, 9.17) is 0 Å². The number of benzene rings is 1. The number of amides is 1. The molecule has 2 aromatic heterocycles. The van der Waals surface area contributed by atoms with Gasteiger partial charge in [-0.25, -0.2) is 13.8 Å².